The number of aromatic nitrogens is 1. The fourth-order valence-electron chi connectivity index (χ4n) is 2.10. The highest BCUT2D eigenvalue weighted by Crippen LogP contribution is 2.31. The third-order valence-corrected chi connectivity index (χ3v) is 3.13. The first-order valence-electron chi connectivity index (χ1n) is 5.99. The van der Waals surface area contributed by atoms with E-state index < -0.39 is 4.92 Å². The minimum atomic E-state index is -0.579. The molecule has 1 saturated carbocycles. The second-order valence-corrected chi connectivity index (χ2v) is 4.55. The molecule has 7 heteroatoms. The highest BCUT2D eigenvalue weighted by molar-refractivity contribution is 5.45. The monoisotopic (exact) mass is 262 g/mol. The lowest BCUT2D eigenvalue weighted by Gasteiger charge is -2.34. The standard InChI is InChI=1S/C12H14N4O3/c1-14-6-8-2-11(3-8)19-12-9(5-13)4-10(7-15-12)16(17)18/h4,7-8,11,14H,2-3,6H2,1H3. The van der Waals surface area contributed by atoms with Gasteiger partial charge in [0.25, 0.3) is 5.69 Å². The lowest BCUT2D eigenvalue weighted by molar-refractivity contribution is -0.385. The van der Waals surface area contributed by atoms with Crippen LogP contribution in [-0.4, -0.2) is 29.6 Å². The van der Waals surface area contributed by atoms with E-state index in [1.807, 2.05) is 13.1 Å². The maximum Gasteiger partial charge on any atom is 0.289 e. The van der Waals surface area contributed by atoms with Crippen molar-refractivity contribution in [2.24, 2.45) is 5.92 Å². The molecule has 100 valence electrons. The molecular formula is C12H14N4O3. The number of nitriles is 1. The predicted octanol–water partition coefficient (Wildman–Crippen LogP) is 1.24. The van der Waals surface area contributed by atoms with E-state index in [0.29, 0.717) is 5.92 Å². The zero-order valence-electron chi connectivity index (χ0n) is 10.5. The molecule has 1 aliphatic carbocycles. The maximum absolute atomic E-state index is 10.6. The fraction of sp³-hybridized carbons (Fsp3) is 0.500. The van der Waals surface area contributed by atoms with Crippen LogP contribution in [0.25, 0.3) is 0 Å². The molecule has 1 aromatic heterocycles. The van der Waals surface area contributed by atoms with E-state index in [1.165, 1.54) is 6.07 Å². The van der Waals surface area contributed by atoms with Crippen LogP contribution in [0, 0.1) is 27.4 Å². The highest BCUT2D eigenvalue weighted by atomic mass is 16.6. The summed E-state index contributed by atoms with van der Waals surface area (Å²) in [6.07, 6.45) is 2.97. The number of rotatable bonds is 5. The Hall–Kier alpha value is -2.20. The Morgan fingerprint density at radius 3 is 3.00 bits per heavy atom. The first kappa shape index (κ1) is 13.2. The molecule has 0 spiro atoms. The lowest BCUT2D eigenvalue weighted by atomic mass is 9.82. The molecule has 1 aliphatic rings. The van der Waals surface area contributed by atoms with Crippen LogP contribution in [0.1, 0.15) is 18.4 Å². The summed E-state index contributed by atoms with van der Waals surface area (Å²) in [5.74, 6) is 0.764. The number of nitrogens with zero attached hydrogens (tertiary/aromatic N) is 3. The number of ether oxygens (including phenoxy) is 1. The molecular weight excluding hydrogens is 248 g/mol. The van der Waals surface area contributed by atoms with Crippen LogP contribution in [0.15, 0.2) is 12.3 Å². The molecule has 0 aromatic carbocycles. The van der Waals surface area contributed by atoms with Gasteiger partial charge in [0, 0.05) is 6.07 Å². The third kappa shape index (κ3) is 2.98. The number of nitrogens with one attached hydrogen (secondary N) is 1. The summed E-state index contributed by atoms with van der Waals surface area (Å²) in [4.78, 5) is 13.9. The van der Waals surface area contributed by atoms with E-state index >= 15 is 0 Å². The molecule has 19 heavy (non-hydrogen) atoms. The average molecular weight is 262 g/mol. The molecule has 1 N–H and O–H groups in total. The minimum Gasteiger partial charge on any atom is -0.473 e. The fourth-order valence-corrected chi connectivity index (χ4v) is 2.10. The Morgan fingerprint density at radius 2 is 2.42 bits per heavy atom. The number of hydrogen-bond acceptors (Lipinski definition) is 6. The second kappa shape index (κ2) is 5.63. The SMILES string of the molecule is CNCC1CC(Oc2ncc([N+](=O)[O-])cc2C#N)C1. The molecule has 1 heterocycles. The van der Waals surface area contributed by atoms with E-state index in [0.717, 1.165) is 25.6 Å². The van der Waals surface area contributed by atoms with Crippen molar-refractivity contribution in [2.75, 3.05) is 13.6 Å². The van der Waals surface area contributed by atoms with E-state index in [-0.39, 0.29) is 23.2 Å². The number of nitro groups is 1. The topological polar surface area (TPSA) is 101 Å². The summed E-state index contributed by atoms with van der Waals surface area (Å²) in [5.41, 5.74) is -0.100. The summed E-state index contributed by atoms with van der Waals surface area (Å²) in [6, 6.07) is 3.06. The first-order valence-corrected chi connectivity index (χ1v) is 5.99. The molecule has 2 rings (SSSR count). The Morgan fingerprint density at radius 1 is 1.68 bits per heavy atom. The van der Waals surface area contributed by atoms with Crippen LogP contribution in [0.5, 0.6) is 5.88 Å². The first-order chi connectivity index (χ1) is 9.13. The van der Waals surface area contributed by atoms with Gasteiger partial charge in [0.2, 0.25) is 5.88 Å². The molecule has 0 radical (unpaired) electrons. The van der Waals surface area contributed by atoms with Crippen LogP contribution in [-0.2, 0) is 0 Å². The smallest absolute Gasteiger partial charge is 0.289 e. The van der Waals surface area contributed by atoms with Gasteiger partial charge in [-0.1, -0.05) is 0 Å². The van der Waals surface area contributed by atoms with E-state index in [9.17, 15) is 10.1 Å². The van der Waals surface area contributed by atoms with Crippen molar-refractivity contribution >= 4 is 5.69 Å². The summed E-state index contributed by atoms with van der Waals surface area (Å²) >= 11 is 0. The summed E-state index contributed by atoms with van der Waals surface area (Å²) < 4.78 is 5.60. The Labute approximate surface area is 110 Å². The summed E-state index contributed by atoms with van der Waals surface area (Å²) in [5, 5.41) is 22.7. The number of pyridine rings is 1. The van der Waals surface area contributed by atoms with Gasteiger partial charge in [0.05, 0.1) is 4.92 Å². The van der Waals surface area contributed by atoms with Crippen molar-refractivity contribution in [3.05, 3.63) is 27.9 Å². The highest BCUT2D eigenvalue weighted by Gasteiger charge is 2.31. The van der Waals surface area contributed by atoms with Gasteiger partial charge in [-0.3, -0.25) is 10.1 Å². The molecule has 0 atom stereocenters. The third-order valence-electron chi connectivity index (χ3n) is 3.13. The lowest BCUT2D eigenvalue weighted by Crippen LogP contribution is -2.38. The zero-order valence-corrected chi connectivity index (χ0v) is 10.5. The van der Waals surface area contributed by atoms with Crippen molar-refractivity contribution in [1.82, 2.24) is 10.3 Å². The molecule has 0 aliphatic heterocycles. The van der Waals surface area contributed by atoms with Crippen molar-refractivity contribution < 1.29 is 9.66 Å². The zero-order chi connectivity index (χ0) is 13.8. The molecule has 0 saturated heterocycles. The Balaban J connectivity index is 2.02. The van der Waals surface area contributed by atoms with Crippen molar-refractivity contribution in [1.29, 1.82) is 5.26 Å². The molecule has 0 unspecified atom stereocenters. The van der Waals surface area contributed by atoms with Gasteiger partial charge in [0.1, 0.15) is 23.9 Å². The van der Waals surface area contributed by atoms with Gasteiger partial charge in [-0.2, -0.15) is 5.26 Å². The van der Waals surface area contributed by atoms with Crippen LogP contribution >= 0.6 is 0 Å². The van der Waals surface area contributed by atoms with Crippen molar-refractivity contribution in [2.45, 2.75) is 18.9 Å². The van der Waals surface area contributed by atoms with Gasteiger partial charge in [0.15, 0.2) is 0 Å². The largest absolute Gasteiger partial charge is 0.473 e. The predicted molar refractivity (Wildman–Crippen MR) is 66.7 cm³/mol. The Kier molecular flexibility index (Phi) is 3.92. The average Bonchev–Trinajstić information content (AvgIpc) is 2.36. The second-order valence-electron chi connectivity index (χ2n) is 4.55. The molecule has 0 amide bonds. The van der Waals surface area contributed by atoms with E-state index in [1.54, 1.807) is 0 Å². The minimum absolute atomic E-state index is 0.0411. The van der Waals surface area contributed by atoms with Crippen LogP contribution in [0.2, 0.25) is 0 Å². The summed E-state index contributed by atoms with van der Waals surface area (Å²) in [6.45, 7) is 0.943. The molecule has 1 aromatic rings. The Bertz CT molecular complexity index is 520. The van der Waals surface area contributed by atoms with Crippen LogP contribution < -0.4 is 10.1 Å². The van der Waals surface area contributed by atoms with Crippen LogP contribution in [0.3, 0.4) is 0 Å². The van der Waals surface area contributed by atoms with E-state index in [4.69, 9.17) is 10.00 Å². The van der Waals surface area contributed by atoms with Gasteiger partial charge in [-0.05, 0) is 32.4 Å². The van der Waals surface area contributed by atoms with Crippen molar-refractivity contribution in [3.8, 4) is 11.9 Å². The molecule has 1 fully saturated rings. The summed E-state index contributed by atoms with van der Waals surface area (Å²) in [7, 11) is 1.90. The van der Waals surface area contributed by atoms with Gasteiger partial charge in [-0.25, -0.2) is 4.98 Å². The number of hydrogen-bond donors (Lipinski definition) is 1. The van der Waals surface area contributed by atoms with Crippen molar-refractivity contribution in [3.63, 3.8) is 0 Å². The maximum atomic E-state index is 10.6. The van der Waals surface area contributed by atoms with E-state index in [2.05, 4.69) is 10.3 Å². The molecule has 0 bridgehead atoms. The van der Waals surface area contributed by atoms with Gasteiger partial charge < -0.3 is 10.1 Å². The van der Waals surface area contributed by atoms with Crippen LogP contribution in [0.4, 0.5) is 5.69 Å². The van der Waals surface area contributed by atoms with Gasteiger partial charge >= 0.3 is 0 Å². The van der Waals surface area contributed by atoms with Gasteiger partial charge in [-0.15, -0.1) is 0 Å². The normalized spacial score (nSPS) is 21.3. The molecule has 7 nitrogen and oxygen atoms in total. The quantitative estimate of drug-likeness (QED) is 0.632.